The van der Waals surface area contributed by atoms with E-state index in [0.717, 1.165) is 12.1 Å². The molecule has 0 saturated heterocycles. The number of Topliss-reactive ketones (excluding diaryl/α,β-unsaturated/α-hetero) is 1. The van der Waals surface area contributed by atoms with E-state index in [2.05, 4.69) is 0 Å². The third-order valence-electron chi connectivity index (χ3n) is 3.04. The first-order valence-corrected chi connectivity index (χ1v) is 5.81. The summed E-state index contributed by atoms with van der Waals surface area (Å²) in [6, 6.07) is 8.22. The van der Waals surface area contributed by atoms with Crippen LogP contribution in [0.3, 0.4) is 0 Å². The molecule has 2 aromatic rings. The van der Waals surface area contributed by atoms with Gasteiger partial charge in [0, 0.05) is 23.7 Å². The summed E-state index contributed by atoms with van der Waals surface area (Å²) in [7, 11) is 0. The Hall–Kier alpha value is -2.23. The standard InChI is InChI=1S/C15H13F2NO/c1-9-12(3-2-4-14(9)18)15(19)7-10-5-6-11(16)8-13(10)17/h2-6,8H,7,18H2,1H3. The molecule has 0 aliphatic rings. The lowest BCUT2D eigenvalue weighted by Crippen LogP contribution is -2.08. The summed E-state index contributed by atoms with van der Waals surface area (Å²) in [4.78, 5) is 12.1. The van der Waals surface area contributed by atoms with Crippen molar-refractivity contribution >= 4 is 11.5 Å². The first kappa shape index (κ1) is 13.2. The van der Waals surface area contributed by atoms with E-state index in [1.165, 1.54) is 6.07 Å². The van der Waals surface area contributed by atoms with Gasteiger partial charge >= 0.3 is 0 Å². The predicted molar refractivity (Wildman–Crippen MR) is 70.0 cm³/mol. The average Bonchev–Trinajstić information content (AvgIpc) is 2.36. The number of rotatable bonds is 3. The molecule has 98 valence electrons. The van der Waals surface area contributed by atoms with Gasteiger partial charge in [0.2, 0.25) is 0 Å². The van der Waals surface area contributed by atoms with Gasteiger partial charge in [-0.15, -0.1) is 0 Å². The number of nitrogen functional groups attached to an aromatic ring is 1. The van der Waals surface area contributed by atoms with Crippen LogP contribution in [0.5, 0.6) is 0 Å². The van der Waals surface area contributed by atoms with Crippen molar-refractivity contribution in [1.82, 2.24) is 0 Å². The van der Waals surface area contributed by atoms with Gasteiger partial charge in [-0.3, -0.25) is 4.79 Å². The maximum Gasteiger partial charge on any atom is 0.167 e. The number of hydrogen-bond donors (Lipinski definition) is 1. The Morgan fingerprint density at radius 3 is 2.63 bits per heavy atom. The Balaban J connectivity index is 2.28. The fourth-order valence-electron chi connectivity index (χ4n) is 1.89. The molecule has 0 aliphatic heterocycles. The number of halogens is 2. The highest BCUT2D eigenvalue weighted by Gasteiger charge is 2.14. The van der Waals surface area contributed by atoms with E-state index in [0.29, 0.717) is 16.8 Å². The molecule has 0 atom stereocenters. The van der Waals surface area contributed by atoms with E-state index in [1.807, 2.05) is 0 Å². The van der Waals surface area contributed by atoms with E-state index < -0.39 is 11.6 Å². The second-order valence-electron chi connectivity index (χ2n) is 4.36. The SMILES string of the molecule is Cc1c(N)cccc1C(=O)Cc1ccc(F)cc1F. The number of benzene rings is 2. The van der Waals surface area contributed by atoms with Crippen molar-refractivity contribution in [3.63, 3.8) is 0 Å². The number of nitrogens with two attached hydrogens (primary N) is 1. The third-order valence-corrected chi connectivity index (χ3v) is 3.04. The molecule has 2 N–H and O–H groups in total. The Labute approximate surface area is 109 Å². The number of carbonyl (C=O) groups is 1. The van der Waals surface area contributed by atoms with Gasteiger partial charge in [0.1, 0.15) is 11.6 Å². The zero-order valence-corrected chi connectivity index (χ0v) is 10.4. The van der Waals surface area contributed by atoms with E-state index in [1.54, 1.807) is 25.1 Å². The van der Waals surface area contributed by atoms with Crippen LogP contribution in [0.4, 0.5) is 14.5 Å². The topological polar surface area (TPSA) is 43.1 Å². The predicted octanol–water partition coefficient (Wildman–Crippen LogP) is 3.28. The van der Waals surface area contributed by atoms with E-state index in [9.17, 15) is 13.6 Å². The molecule has 0 unspecified atom stereocenters. The quantitative estimate of drug-likeness (QED) is 0.680. The summed E-state index contributed by atoms with van der Waals surface area (Å²) in [5, 5.41) is 0. The van der Waals surface area contributed by atoms with Crippen LogP contribution in [-0.4, -0.2) is 5.78 Å². The smallest absolute Gasteiger partial charge is 0.167 e. The maximum absolute atomic E-state index is 13.5. The van der Waals surface area contributed by atoms with Crippen molar-refractivity contribution in [2.24, 2.45) is 0 Å². The van der Waals surface area contributed by atoms with Gasteiger partial charge < -0.3 is 5.73 Å². The first-order chi connectivity index (χ1) is 8.99. The molecule has 19 heavy (non-hydrogen) atoms. The molecule has 2 aromatic carbocycles. The van der Waals surface area contributed by atoms with Crippen LogP contribution in [0.1, 0.15) is 21.5 Å². The van der Waals surface area contributed by atoms with Crippen molar-refractivity contribution in [1.29, 1.82) is 0 Å². The Kier molecular flexibility index (Phi) is 3.60. The van der Waals surface area contributed by atoms with Crippen LogP contribution in [0.25, 0.3) is 0 Å². The zero-order valence-electron chi connectivity index (χ0n) is 10.4. The second kappa shape index (κ2) is 5.18. The molecule has 0 radical (unpaired) electrons. The highest BCUT2D eigenvalue weighted by Crippen LogP contribution is 2.19. The number of anilines is 1. The summed E-state index contributed by atoms with van der Waals surface area (Å²) in [5.41, 5.74) is 7.56. The Morgan fingerprint density at radius 1 is 1.21 bits per heavy atom. The molecular weight excluding hydrogens is 248 g/mol. The van der Waals surface area contributed by atoms with Crippen LogP contribution in [0, 0.1) is 18.6 Å². The van der Waals surface area contributed by atoms with Crippen LogP contribution in [-0.2, 0) is 6.42 Å². The highest BCUT2D eigenvalue weighted by atomic mass is 19.1. The van der Waals surface area contributed by atoms with E-state index in [-0.39, 0.29) is 17.8 Å². The van der Waals surface area contributed by atoms with Crippen LogP contribution >= 0.6 is 0 Å². The Morgan fingerprint density at radius 2 is 1.95 bits per heavy atom. The molecule has 0 spiro atoms. The molecule has 0 bridgehead atoms. The van der Waals surface area contributed by atoms with Gasteiger partial charge in [0.05, 0.1) is 0 Å². The molecular formula is C15H13F2NO. The summed E-state index contributed by atoms with van der Waals surface area (Å²) >= 11 is 0. The van der Waals surface area contributed by atoms with Gasteiger partial charge in [-0.05, 0) is 30.2 Å². The fourth-order valence-corrected chi connectivity index (χ4v) is 1.89. The summed E-state index contributed by atoms with van der Waals surface area (Å²) < 4.78 is 26.3. The van der Waals surface area contributed by atoms with Gasteiger partial charge in [-0.25, -0.2) is 8.78 Å². The van der Waals surface area contributed by atoms with Crippen molar-refractivity contribution < 1.29 is 13.6 Å². The molecule has 0 saturated carbocycles. The zero-order chi connectivity index (χ0) is 14.0. The van der Waals surface area contributed by atoms with Gasteiger partial charge in [0.15, 0.2) is 5.78 Å². The van der Waals surface area contributed by atoms with Gasteiger partial charge in [-0.2, -0.15) is 0 Å². The summed E-state index contributed by atoms with van der Waals surface area (Å²) in [6.45, 7) is 1.74. The second-order valence-corrected chi connectivity index (χ2v) is 4.36. The lowest BCUT2D eigenvalue weighted by Gasteiger charge is -2.08. The molecule has 4 heteroatoms. The minimum Gasteiger partial charge on any atom is -0.398 e. The monoisotopic (exact) mass is 261 g/mol. The lowest BCUT2D eigenvalue weighted by atomic mass is 9.98. The minimum atomic E-state index is -0.713. The lowest BCUT2D eigenvalue weighted by molar-refractivity contribution is 0.0991. The highest BCUT2D eigenvalue weighted by molar-refractivity contribution is 5.99. The normalized spacial score (nSPS) is 10.5. The third kappa shape index (κ3) is 2.78. The van der Waals surface area contributed by atoms with Crippen molar-refractivity contribution in [2.75, 3.05) is 5.73 Å². The fraction of sp³-hybridized carbons (Fsp3) is 0.133. The molecule has 2 rings (SSSR count). The van der Waals surface area contributed by atoms with Crippen LogP contribution in [0.15, 0.2) is 36.4 Å². The van der Waals surface area contributed by atoms with E-state index in [4.69, 9.17) is 5.73 Å². The maximum atomic E-state index is 13.5. The van der Waals surface area contributed by atoms with E-state index >= 15 is 0 Å². The van der Waals surface area contributed by atoms with Crippen LogP contribution < -0.4 is 5.73 Å². The van der Waals surface area contributed by atoms with Crippen LogP contribution in [0.2, 0.25) is 0 Å². The minimum absolute atomic E-state index is 0.115. The van der Waals surface area contributed by atoms with Crippen molar-refractivity contribution in [3.8, 4) is 0 Å². The van der Waals surface area contributed by atoms with Gasteiger partial charge in [0.25, 0.3) is 0 Å². The average molecular weight is 261 g/mol. The molecule has 2 nitrogen and oxygen atoms in total. The van der Waals surface area contributed by atoms with Crippen molar-refractivity contribution in [3.05, 3.63) is 64.7 Å². The number of carbonyl (C=O) groups excluding carboxylic acids is 1. The Bertz CT molecular complexity index is 638. The van der Waals surface area contributed by atoms with Gasteiger partial charge in [-0.1, -0.05) is 18.2 Å². The largest absolute Gasteiger partial charge is 0.398 e. The van der Waals surface area contributed by atoms with Crippen molar-refractivity contribution in [2.45, 2.75) is 13.3 Å². The number of hydrogen-bond acceptors (Lipinski definition) is 2. The molecule has 0 aliphatic carbocycles. The first-order valence-electron chi connectivity index (χ1n) is 5.81. The summed E-state index contributed by atoms with van der Waals surface area (Å²) in [5.74, 6) is -1.61. The molecule has 0 fully saturated rings. The summed E-state index contributed by atoms with van der Waals surface area (Å²) in [6.07, 6.45) is -0.115. The molecule has 0 heterocycles. The number of ketones is 1. The molecule has 0 aromatic heterocycles. The molecule has 0 amide bonds.